The normalized spacial score (nSPS) is 20.2. The second-order valence-electron chi connectivity index (χ2n) is 11.6. The van der Waals surface area contributed by atoms with Crippen molar-refractivity contribution in [2.75, 3.05) is 12.3 Å². The first-order valence-electron chi connectivity index (χ1n) is 14.7. The Labute approximate surface area is 243 Å². The zero-order chi connectivity index (χ0) is 29.2. The zero-order valence-corrected chi connectivity index (χ0v) is 23.8. The molecule has 10 nitrogen and oxygen atoms in total. The molecule has 1 fully saturated rings. The fourth-order valence-electron chi connectivity index (χ4n) is 6.48. The number of nitrogen functional groups attached to an aromatic ring is 1. The van der Waals surface area contributed by atoms with E-state index in [1.807, 2.05) is 73.8 Å². The number of anilines is 1. The van der Waals surface area contributed by atoms with Crippen LogP contribution in [0, 0.1) is 5.92 Å². The van der Waals surface area contributed by atoms with E-state index in [9.17, 15) is 14.4 Å². The molecule has 0 saturated heterocycles. The molecule has 218 valence electrons. The second-order valence-corrected chi connectivity index (χ2v) is 11.6. The highest BCUT2D eigenvalue weighted by Crippen LogP contribution is 2.35. The number of hydrogen-bond acceptors (Lipinski definition) is 5. The molecular formula is C32H37N7O3. The third kappa shape index (κ3) is 5.48. The molecule has 0 bridgehead atoms. The summed E-state index contributed by atoms with van der Waals surface area (Å²) in [4.78, 5) is 48.2. The topological polar surface area (TPSA) is 133 Å². The summed E-state index contributed by atoms with van der Waals surface area (Å²) in [5.41, 5.74) is 8.79. The number of aromatic nitrogens is 5. The number of rotatable bonds is 8. The first kappa shape index (κ1) is 27.6. The third-order valence-corrected chi connectivity index (χ3v) is 8.78. The van der Waals surface area contributed by atoms with Crippen LogP contribution < -0.4 is 22.4 Å². The highest BCUT2D eigenvalue weighted by molar-refractivity contribution is 5.81. The van der Waals surface area contributed by atoms with Crippen molar-refractivity contribution in [3.63, 3.8) is 0 Å². The SMILES string of the molecule is CC1=Cn2c(=O)n(CC(c3ccccc3)c3ccccc3)c(=O)n2[C@H](C(=O)NCC2CCC(c3cnc(N)[nH]3)CC2)C1. The minimum absolute atomic E-state index is 0.172. The van der Waals surface area contributed by atoms with Crippen molar-refractivity contribution in [1.82, 2.24) is 29.2 Å². The fraction of sp³-hybridized carbons (Fsp3) is 0.375. The summed E-state index contributed by atoms with van der Waals surface area (Å²) in [6.07, 6.45) is 7.83. The Kier molecular flexibility index (Phi) is 7.69. The van der Waals surface area contributed by atoms with Crippen molar-refractivity contribution in [2.24, 2.45) is 5.92 Å². The highest BCUT2D eigenvalue weighted by Gasteiger charge is 2.33. The van der Waals surface area contributed by atoms with Crippen molar-refractivity contribution in [1.29, 1.82) is 0 Å². The Bertz CT molecular complexity index is 1650. The van der Waals surface area contributed by atoms with Crippen LogP contribution in [0.5, 0.6) is 0 Å². The van der Waals surface area contributed by atoms with Gasteiger partial charge in [-0.05, 0) is 49.7 Å². The van der Waals surface area contributed by atoms with Gasteiger partial charge in [-0.1, -0.05) is 66.2 Å². The molecule has 2 aliphatic rings. The van der Waals surface area contributed by atoms with Gasteiger partial charge in [-0.25, -0.2) is 28.5 Å². The van der Waals surface area contributed by atoms with Crippen molar-refractivity contribution in [3.05, 3.63) is 110 Å². The molecule has 42 heavy (non-hydrogen) atoms. The van der Waals surface area contributed by atoms with Gasteiger partial charge in [-0.2, -0.15) is 0 Å². The molecule has 1 atom stereocenters. The van der Waals surface area contributed by atoms with Crippen LogP contribution in [0.2, 0.25) is 0 Å². The molecule has 0 radical (unpaired) electrons. The maximum Gasteiger partial charge on any atom is 0.351 e. The number of amides is 1. The quantitative estimate of drug-likeness (QED) is 0.298. The molecule has 1 aliphatic heterocycles. The van der Waals surface area contributed by atoms with Crippen LogP contribution in [0.4, 0.5) is 5.95 Å². The van der Waals surface area contributed by atoms with Crippen LogP contribution in [0.15, 0.2) is 82.0 Å². The number of nitrogens with zero attached hydrogens (tertiary/aromatic N) is 4. The summed E-state index contributed by atoms with van der Waals surface area (Å²) in [5.74, 6) is 0.757. The number of carbonyl (C=O) groups excluding carboxylic acids is 1. The van der Waals surface area contributed by atoms with E-state index in [0.717, 1.165) is 48.1 Å². The first-order chi connectivity index (χ1) is 20.4. The fourth-order valence-corrected chi connectivity index (χ4v) is 6.48. The molecular weight excluding hydrogens is 530 g/mol. The molecule has 2 aromatic heterocycles. The molecule has 1 aliphatic carbocycles. The summed E-state index contributed by atoms with van der Waals surface area (Å²) < 4.78 is 3.92. The highest BCUT2D eigenvalue weighted by atomic mass is 16.2. The number of benzene rings is 2. The van der Waals surface area contributed by atoms with E-state index in [1.165, 1.54) is 13.9 Å². The smallest absolute Gasteiger partial charge is 0.351 e. The number of carbonyl (C=O) groups is 1. The van der Waals surface area contributed by atoms with Crippen LogP contribution in [-0.2, 0) is 11.3 Å². The van der Waals surface area contributed by atoms with E-state index >= 15 is 0 Å². The van der Waals surface area contributed by atoms with Crippen LogP contribution in [0.1, 0.15) is 73.7 Å². The number of allylic oxidation sites excluding steroid dienone is 1. The Morgan fingerprint density at radius 3 is 2.24 bits per heavy atom. The van der Waals surface area contributed by atoms with Gasteiger partial charge in [-0.15, -0.1) is 0 Å². The van der Waals surface area contributed by atoms with Gasteiger partial charge in [0.2, 0.25) is 5.91 Å². The molecule has 2 aromatic carbocycles. The Balaban J connectivity index is 1.20. The summed E-state index contributed by atoms with van der Waals surface area (Å²) in [5, 5.41) is 3.10. The third-order valence-electron chi connectivity index (χ3n) is 8.78. The maximum atomic E-state index is 13.8. The van der Waals surface area contributed by atoms with Crippen molar-refractivity contribution in [3.8, 4) is 0 Å². The maximum absolute atomic E-state index is 13.8. The van der Waals surface area contributed by atoms with E-state index in [4.69, 9.17) is 5.73 Å². The van der Waals surface area contributed by atoms with Crippen LogP contribution in [0.25, 0.3) is 6.20 Å². The van der Waals surface area contributed by atoms with Gasteiger partial charge in [0.05, 0.1) is 6.20 Å². The van der Waals surface area contributed by atoms with E-state index in [2.05, 4.69) is 15.3 Å². The number of imidazole rings is 1. The van der Waals surface area contributed by atoms with E-state index < -0.39 is 17.4 Å². The van der Waals surface area contributed by atoms with Gasteiger partial charge in [0.1, 0.15) is 6.04 Å². The Morgan fingerprint density at radius 2 is 1.64 bits per heavy atom. The average Bonchev–Trinajstić information content (AvgIpc) is 3.55. The minimum atomic E-state index is -0.785. The molecule has 4 aromatic rings. The molecule has 3 heterocycles. The molecule has 0 unspecified atom stereocenters. The van der Waals surface area contributed by atoms with E-state index in [0.29, 0.717) is 30.7 Å². The predicted molar refractivity (Wildman–Crippen MR) is 162 cm³/mol. The zero-order valence-electron chi connectivity index (χ0n) is 23.8. The van der Waals surface area contributed by atoms with Gasteiger partial charge in [0, 0.05) is 43.2 Å². The summed E-state index contributed by atoms with van der Waals surface area (Å²) >= 11 is 0. The van der Waals surface area contributed by atoms with Gasteiger partial charge in [-0.3, -0.25) is 4.79 Å². The van der Waals surface area contributed by atoms with Gasteiger partial charge in [0.15, 0.2) is 5.95 Å². The van der Waals surface area contributed by atoms with Gasteiger partial charge in [0.25, 0.3) is 0 Å². The van der Waals surface area contributed by atoms with Crippen LogP contribution >= 0.6 is 0 Å². The second kappa shape index (κ2) is 11.7. The average molecular weight is 568 g/mol. The summed E-state index contributed by atoms with van der Waals surface area (Å²) in [6, 6.07) is 19.0. The van der Waals surface area contributed by atoms with Crippen molar-refractivity contribution in [2.45, 2.75) is 63.5 Å². The standard InChI is InChI=1S/C32H37N7O3/c1-21-16-28(29(40)34-17-22-12-14-25(15-13-22)27-18-35-30(33)36-27)39-32(42)37(31(41)38(39)19-21)20-26(23-8-4-2-5-9-23)24-10-6-3-7-11-24/h2-11,18-19,22,25-26,28H,12-17,20H2,1H3,(H,34,40)(H3,33,35,36)/t22?,25?,28-/m0/s1. The summed E-state index contributed by atoms with van der Waals surface area (Å²) in [7, 11) is 0. The molecule has 6 rings (SSSR count). The number of nitrogens with one attached hydrogen (secondary N) is 2. The van der Waals surface area contributed by atoms with Crippen LogP contribution in [0.3, 0.4) is 0 Å². The molecule has 10 heteroatoms. The Hall–Kier alpha value is -4.60. The van der Waals surface area contributed by atoms with Crippen molar-refractivity contribution < 1.29 is 4.79 Å². The number of aromatic amines is 1. The molecule has 0 spiro atoms. The number of fused-ring (bicyclic) bond motifs is 1. The lowest BCUT2D eigenvalue weighted by atomic mass is 9.80. The molecule has 1 saturated carbocycles. The predicted octanol–water partition coefficient (Wildman–Crippen LogP) is 3.84. The van der Waals surface area contributed by atoms with Gasteiger partial charge >= 0.3 is 11.4 Å². The lowest BCUT2D eigenvalue weighted by Gasteiger charge is -2.29. The Morgan fingerprint density at radius 1 is 1.00 bits per heavy atom. The lowest BCUT2D eigenvalue weighted by Crippen LogP contribution is -2.43. The number of nitrogens with two attached hydrogens (primary N) is 1. The largest absolute Gasteiger partial charge is 0.369 e. The molecule has 4 N–H and O–H groups in total. The van der Waals surface area contributed by atoms with E-state index in [-0.39, 0.29) is 18.4 Å². The monoisotopic (exact) mass is 567 g/mol. The first-order valence-corrected chi connectivity index (χ1v) is 14.7. The summed E-state index contributed by atoms with van der Waals surface area (Å²) in [6.45, 7) is 2.60. The number of H-pyrrole nitrogens is 1. The van der Waals surface area contributed by atoms with Gasteiger partial charge < -0.3 is 16.0 Å². The number of hydrogen-bond donors (Lipinski definition) is 3. The minimum Gasteiger partial charge on any atom is -0.369 e. The van der Waals surface area contributed by atoms with Crippen LogP contribution in [-0.4, -0.2) is 36.4 Å². The van der Waals surface area contributed by atoms with E-state index in [1.54, 1.807) is 6.20 Å². The molecule has 1 amide bonds. The lowest BCUT2D eigenvalue weighted by molar-refractivity contribution is -0.125. The van der Waals surface area contributed by atoms with Crippen molar-refractivity contribution >= 4 is 18.1 Å².